The fourth-order valence-corrected chi connectivity index (χ4v) is 1.38. The molecule has 0 bridgehead atoms. The van der Waals surface area contributed by atoms with E-state index >= 15 is 0 Å². The largest absolute Gasteiger partial charge is 3.00 e. The van der Waals surface area contributed by atoms with Gasteiger partial charge < -0.3 is 32.9 Å². The minimum atomic E-state index is -5.92. The molecule has 0 N–H and O–H groups in total. The molecule has 0 aromatic rings. The Labute approximate surface area is 102 Å². The van der Waals surface area contributed by atoms with E-state index in [1.807, 2.05) is 0 Å². The topological polar surface area (TPSA) is 148 Å². The van der Waals surface area contributed by atoms with Crippen molar-refractivity contribution in [3.63, 3.8) is 0 Å². The summed E-state index contributed by atoms with van der Waals surface area (Å²) in [6.45, 7) is 0. The molecule has 0 aromatic heterocycles. The van der Waals surface area contributed by atoms with Crippen LogP contribution in [0.5, 0.6) is 0 Å². The number of hydrogen-bond acceptors (Lipinski definition) is 7. The van der Waals surface area contributed by atoms with E-state index in [1.165, 1.54) is 0 Å². The van der Waals surface area contributed by atoms with E-state index in [1.54, 1.807) is 0 Å². The monoisotopic (exact) mass is 586 g/mol. The SMILES string of the molecule is [Bi+3].[Bi+3].[O-][Si]([O-])([O-])O[Si]([O-])([O-])[O-]. The first-order valence-electron chi connectivity index (χ1n) is 1.63. The molecule has 0 fully saturated rings. The Morgan fingerprint density at radius 3 is 0.818 bits per heavy atom. The molecule has 0 atom stereocenters. The fourth-order valence-electron chi connectivity index (χ4n) is 0.153. The van der Waals surface area contributed by atoms with Gasteiger partial charge >= 0.3 is 52.4 Å². The zero-order chi connectivity index (χ0) is 7.71. The van der Waals surface area contributed by atoms with Gasteiger partial charge in [0.15, 0.2) is 0 Å². The van der Waals surface area contributed by atoms with E-state index in [-0.39, 0.29) is 52.4 Å². The Kier molecular flexibility index (Phi) is 10.8. The van der Waals surface area contributed by atoms with E-state index in [4.69, 9.17) is 0 Å². The Morgan fingerprint density at radius 1 is 0.636 bits per heavy atom. The van der Waals surface area contributed by atoms with E-state index in [9.17, 15) is 28.8 Å². The predicted octanol–water partition coefficient (Wildman–Crippen LogP) is -8.73. The molecular formula is Bi2O7Si2. The molecule has 0 aromatic carbocycles. The Morgan fingerprint density at radius 2 is 0.818 bits per heavy atom. The summed E-state index contributed by atoms with van der Waals surface area (Å²) < 4.78 is 2.57. The predicted molar refractivity (Wildman–Crippen MR) is 24.1 cm³/mol. The van der Waals surface area contributed by atoms with Crippen LogP contribution in [0.1, 0.15) is 0 Å². The molecule has 0 aliphatic carbocycles. The van der Waals surface area contributed by atoms with Gasteiger partial charge in [0.05, 0.1) is 0 Å². The van der Waals surface area contributed by atoms with Crippen molar-refractivity contribution in [3.05, 3.63) is 0 Å². The van der Waals surface area contributed by atoms with Gasteiger partial charge in [-0.15, -0.1) is 18.1 Å². The molecule has 0 unspecified atom stereocenters. The molecule has 0 aliphatic heterocycles. The molecule has 11 heteroatoms. The molecule has 60 valence electrons. The second-order valence-electron chi connectivity index (χ2n) is 1.10. The molecule has 4 radical (unpaired) electrons. The molecule has 0 aliphatic rings. The van der Waals surface area contributed by atoms with Crippen LogP contribution >= 0.6 is 0 Å². The van der Waals surface area contributed by atoms with E-state index in [2.05, 4.69) is 4.12 Å². The molecule has 0 rings (SSSR count). The van der Waals surface area contributed by atoms with Gasteiger partial charge in [-0.1, -0.05) is 0 Å². The zero-order valence-electron chi connectivity index (χ0n) is 4.75. The van der Waals surface area contributed by atoms with E-state index < -0.39 is 18.1 Å². The fraction of sp³-hybridized carbons (Fsp3) is 0. The van der Waals surface area contributed by atoms with Crippen molar-refractivity contribution in [2.45, 2.75) is 0 Å². The normalized spacial score (nSPS) is 11.5. The maximum atomic E-state index is 9.36. The molecule has 0 saturated carbocycles. The van der Waals surface area contributed by atoms with Gasteiger partial charge in [0.2, 0.25) is 0 Å². The Balaban J connectivity index is -0.000000320. The summed E-state index contributed by atoms with van der Waals surface area (Å²) in [5.41, 5.74) is 0. The van der Waals surface area contributed by atoms with Gasteiger partial charge in [0, 0.05) is 0 Å². The van der Waals surface area contributed by atoms with Crippen LogP contribution in [0.25, 0.3) is 0 Å². The summed E-state index contributed by atoms with van der Waals surface area (Å²) in [4.78, 5) is 56.2. The molecule has 11 heavy (non-hydrogen) atoms. The van der Waals surface area contributed by atoms with Crippen molar-refractivity contribution >= 4 is 70.5 Å². The summed E-state index contributed by atoms with van der Waals surface area (Å²) in [6.07, 6.45) is 0. The van der Waals surface area contributed by atoms with Gasteiger partial charge in [0.1, 0.15) is 0 Å². The minimum absolute atomic E-state index is 0. The number of rotatable bonds is 2. The van der Waals surface area contributed by atoms with Crippen molar-refractivity contribution in [3.8, 4) is 0 Å². The summed E-state index contributed by atoms with van der Waals surface area (Å²) in [7, 11) is -11.8. The second-order valence-corrected chi connectivity index (χ2v) is 3.92. The van der Waals surface area contributed by atoms with Crippen LogP contribution in [-0.2, 0) is 4.12 Å². The van der Waals surface area contributed by atoms with E-state index in [0.717, 1.165) is 0 Å². The summed E-state index contributed by atoms with van der Waals surface area (Å²) in [6, 6.07) is 0. The quantitative estimate of drug-likeness (QED) is 0.292. The van der Waals surface area contributed by atoms with Gasteiger partial charge in [-0.2, -0.15) is 0 Å². The van der Waals surface area contributed by atoms with Gasteiger partial charge in [-0.3, -0.25) is 0 Å². The average molecular weight is 586 g/mol. The van der Waals surface area contributed by atoms with Gasteiger partial charge in [-0.05, 0) is 0 Å². The maximum Gasteiger partial charge on any atom is 3.00 e. The average Bonchev–Trinajstić information content (AvgIpc) is 1.14. The Hall–Kier alpha value is 1.92. The standard InChI is InChI=1S/2Bi.O7Si2/c;;1-8(2,3)7-9(4,5)6/q2*+3;-6. The van der Waals surface area contributed by atoms with Crippen LogP contribution in [0.15, 0.2) is 0 Å². The van der Waals surface area contributed by atoms with Crippen LogP contribution < -0.4 is 28.8 Å². The van der Waals surface area contributed by atoms with E-state index in [0.29, 0.717) is 0 Å². The first-order valence-corrected chi connectivity index (χ1v) is 4.90. The maximum absolute atomic E-state index is 9.36. The third-order valence-corrected chi connectivity index (χ3v) is 2.25. The van der Waals surface area contributed by atoms with Crippen LogP contribution in [0.3, 0.4) is 0 Å². The van der Waals surface area contributed by atoms with Gasteiger partial charge in [0.25, 0.3) is 0 Å². The molecule has 0 saturated heterocycles. The zero-order valence-corrected chi connectivity index (χ0v) is 13.7. The Bertz CT molecular complexity index is 79.6. The molecule has 7 nitrogen and oxygen atoms in total. The first-order chi connectivity index (χ1) is 3.71. The molecular weight excluding hydrogens is 586 g/mol. The summed E-state index contributed by atoms with van der Waals surface area (Å²) in [5.74, 6) is 0. The second kappa shape index (κ2) is 6.39. The smallest absolute Gasteiger partial charge is 0.862 e. The summed E-state index contributed by atoms with van der Waals surface area (Å²) >= 11 is 0. The van der Waals surface area contributed by atoms with Crippen molar-refractivity contribution in [1.29, 1.82) is 0 Å². The third-order valence-electron chi connectivity index (χ3n) is 0.250. The minimum Gasteiger partial charge on any atom is -0.862 e. The molecule has 0 amide bonds. The van der Waals surface area contributed by atoms with Crippen molar-refractivity contribution < 1.29 is 32.9 Å². The van der Waals surface area contributed by atoms with Crippen molar-refractivity contribution in [1.82, 2.24) is 0 Å². The van der Waals surface area contributed by atoms with Crippen molar-refractivity contribution in [2.24, 2.45) is 0 Å². The number of hydrogen-bond donors (Lipinski definition) is 0. The van der Waals surface area contributed by atoms with Gasteiger partial charge in [-0.25, -0.2) is 0 Å². The summed E-state index contributed by atoms with van der Waals surface area (Å²) in [5, 5.41) is 0. The van der Waals surface area contributed by atoms with Crippen LogP contribution in [-0.4, -0.2) is 70.5 Å². The molecule has 0 spiro atoms. The van der Waals surface area contributed by atoms with Crippen LogP contribution in [0.2, 0.25) is 0 Å². The van der Waals surface area contributed by atoms with Crippen molar-refractivity contribution in [2.75, 3.05) is 0 Å². The van der Waals surface area contributed by atoms with Crippen LogP contribution in [0.4, 0.5) is 0 Å². The third kappa shape index (κ3) is 18.7. The first kappa shape index (κ1) is 18.7. The van der Waals surface area contributed by atoms with Crippen LogP contribution in [0, 0.1) is 0 Å². The molecule has 0 heterocycles.